The number of nitrogens with zero attached hydrogens (tertiary/aromatic N) is 1. The van der Waals surface area contributed by atoms with Gasteiger partial charge in [-0.1, -0.05) is 18.2 Å². The molecule has 0 spiro atoms. The zero-order valence-electron chi connectivity index (χ0n) is 12.0. The molecule has 2 amide bonds. The first-order valence-electron chi connectivity index (χ1n) is 7.39. The molecule has 0 aromatic heterocycles. The number of carboxylic acid groups (broad SMARTS) is 1. The lowest BCUT2D eigenvalue weighted by atomic mass is 9.85. The normalized spacial score (nSPS) is 32.0. The minimum atomic E-state index is -1.07. The van der Waals surface area contributed by atoms with Crippen molar-refractivity contribution in [2.75, 3.05) is 4.90 Å². The summed E-state index contributed by atoms with van der Waals surface area (Å²) in [5, 5.41) is 9.13. The number of hydrogen-bond acceptors (Lipinski definition) is 3. The Morgan fingerprint density at radius 1 is 1.14 bits per heavy atom. The molecular formula is C17H15NO4. The first-order valence-corrected chi connectivity index (χ1v) is 7.39. The first-order chi connectivity index (χ1) is 10.5. The quantitative estimate of drug-likeness (QED) is 0.669. The molecule has 4 rings (SSSR count). The van der Waals surface area contributed by atoms with Gasteiger partial charge in [0.1, 0.15) is 0 Å². The molecular weight excluding hydrogens is 282 g/mol. The number of carbonyl (C=O) groups excluding carboxylic acids is 2. The summed E-state index contributed by atoms with van der Waals surface area (Å²) in [6.45, 7) is 1.78. The summed E-state index contributed by atoms with van der Waals surface area (Å²) in [6.07, 6.45) is 4.97. The fraction of sp³-hybridized carbons (Fsp3) is 0.353. The van der Waals surface area contributed by atoms with Crippen LogP contribution in [0.15, 0.2) is 30.4 Å². The number of hydrogen-bond donors (Lipinski definition) is 1. The molecule has 4 unspecified atom stereocenters. The summed E-state index contributed by atoms with van der Waals surface area (Å²) in [5.41, 5.74) is 1.22. The van der Waals surface area contributed by atoms with Gasteiger partial charge in [-0.05, 0) is 42.9 Å². The highest BCUT2D eigenvalue weighted by Crippen LogP contribution is 2.53. The Kier molecular flexibility index (Phi) is 2.58. The smallest absolute Gasteiger partial charge is 0.335 e. The second-order valence-electron chi connectivity index (χ2n) is 6.32. The van der Waals surface area contributed by atoms with Crippen LogP contribution in [0.2, 0.25) is 0 Å². The van der Waals surface area contributed by atoms with Crippen LogP contribution in [0, 0.1) is 30.6 Å². The number of anilines is 1. The van der Waals surface area contributed by atoms with Crippen molar-refractivity contribution in [3.05, 3.63) is 41.5 Å². The Labute approximate surface area is 127 Å². The number of allylic oxidation sites excluding steroid dienone is 2. The lowest BCUT2D eigenvalue weighted by Crippen LogP contribution is -2.33. The molecule has 1 aromatic rings. The number of amides is 2. The van der Waals surface area contributed by atoms with E-state index in [4.69, 9.17) is 5.11 Å². The van der Waals surface area contributed by atoms with Gasteiger partial charge in [0.15, 0.2) is 0 Å². The van der Waals surface area contributed by atoms with Crippen molar-refractivity contribution >= 4 is 23.5 Å². The number of aryl methyl sites for hydroxylation is 1. The van der Waals surface area contributed by atoms with Crippen molar-refractivity contribution in [3.63, 3.8) is 0 Å². The Balaban J connectivity index is 1.79. The van der Waals surface area contributed by atoms with Crippen LogP contribution < -0.4 is 4.90 Å². The third-order valence-electron chi connectivity index (χ3n) is 5.17. The lowest BCUT2D eigenvalue weighted by molar-refractivity contribution is -0.123. The zero-order valence-corrected chi connectivity index (χ0v) is 12.0. The highest BCUT2D eigenvalue weighted by Gasteiger charge is 2.59. The predicted octanol–water partition coefficient (Wildman–Crippen LogP) is 2.00. The largest absolute Gasteiger partial charge is 0.478 e. The Morgan fingerprint density at radius 3 is 2.27 bits per heavy atom. The number of rotatable bonds is 2. The Hall–Kier alpha value is -2.43. The molecule has 4 atom stereocenters. The molecule has 1 heterocycles. The summed E-state index contributed by atoms with van der Waals surface area (Å²) >= 11 is 0. The van der Waals surface area contributed by atoms with Crippen LogP contribution in [0.5, 0.6) is 0 Å². The SMILES string of the molecule is Cc1ccc(C(=O)O)cc1N1C(=O)C2C3C=CC(C3)C2C1=O. The van der Waals surface area contributed by atoms with E-state index >= 15 is 0 Å². The number of imide groups is 1. The molecule has 3 aliphatic rings. The zero-order chi connectivity index (χ0) is 15.6. The van der Waals surface area contributed by atoms with E-state index in [1.165, 1.54) is 17.0 Å². The Bertz CT molecular complexity index is 721. The highest BCUT2D eigenvalue weighted by molar-refractivity contribution is 6.23. The van der Waals surface area contributed by atoms with E-state index in [2.05, 4.69) is 0 Å². The molecule has 0 radical (unpaired) electrons. The van der Waals surface area contributed by atoms with Gasteiger partial charge in [-0.25, -0.2) is 9.69 Å². The molecule has 1 aromatic carbocycles. The number of carboxylic acids is 1. The third kappa shape index (κ3) is 1.56. The second kappa shape index (κ2) is 4.29. The van der Waals surface area contributed by atoms with Crippen LogP contribution in [0.3, 0.4) is 0 Å². The van der Waals surface area contributed by atoms with Gasteiger partial charge in [-0.3, -0.25) is 9.59 Å². The van der Waals surface area contributed by atoms with Gasteiger partial charge < -0.3 is 5.11 Å². The number of carbonyl (C=O) groups is 3. The maximum Gasteiger partial charge on any atom is 0.335 e. The maximum absolute atomic E-state index is 12.7. The van der Waals surface area contributed by atoms with Crippen LogP contribution in [0.4, 0.5) is 5.69 Å². The molecule has 5 heteroatoms. The second-order valence-corrected chi connectivity index (χ2v) is 6.32. The average molecular weight is 297 g/mol. The molecule has 2 fully saturated rings. The van der Waals surface area contributed by atoms with E-state index in [1.54, 1.807) is 13.0 Å². The molecule has 2 aliphatic carbocycles. The molecule has 1 N–H and O–H groups in total. The van der Waals surface area contributed by atoms with E-state index in [1.807, 2.05) is 12.2 Å². The highest BCUT2D eigenvalue weighted by atomic mass is 16.4. The predicted molar refractivity (Wildman–Crippen MR) is 78.3 cm³/mol. The molecule has 112 valence electrons. The monoisotopic (exact) mass is 297 g/mol. The van der Waals surface area contributed by atoms with Gasteiger partial charge in [-0.15, -0.1) is 0 Å². The van der Waals surface area contributed by atoms with Crippen LogP contribution in [-0.2, 0) is 9.59 Å². The molecule has 1 saturated heterocycles. The molecule has 5 nitrogen and oxygen atoms in total. The molecule has 22 heavy (non-hydrogen) atoms. The summed E-state index contributed by atoms with van der Waals surface area (Å²) < 4.78 is 0. The van der Waals surface area contributed by atoms with Crippen LogP contribution in [0.1, 0.15) is 22.3 Å². The van der Waals surface area contributed by atoms with Crippen molar-refractivity contribution < 1.29 is 19.5 Å². The lowest BCUT2D eigenvalue weighted by Gasteiger charge is -2.19. The molecule has 1 saturated carbocycles. The van der Waals surface area contributed by atoms with Crippen LogP contribution in [-0.4, -0.2) is 22.9 Å². The average Bonchev–Trinajstić information content (AvgIpc) is 3.14. The minimum absolute atomic E-state index is 0.0827. The number of aromatic carboxylic acids is 1. The van der Waals surface area contributed by atoms with E-state index in [0.29, 0.717) is 5.69 Å². The van der Waals surface area contributed by atoms with E-state index in [-0.39, 0.29) is 41.0 Å². The fourth-order valence-corrected chi connectivity index (χ4v) is 4.12. The van der Waals surface area contributed by atoms with Crippen molar-refractivity contribution in [3.8, 4) is 0 Å². The third-order valence-corrected chi connectivity index (χ3v) is 5.17. The topological polar surface area (TPSA) is 74.7 Å². The van der Waals surface area contributed by atoms with Gasteiger partial charge in [0.25, 0.3) is 0 Å². The summed E-state index contributed by atoms with van der Waals surface area (Å²) in [7, 11) is 0. The summed E-state index contributed by atoms with van der Waals surface area (Å²) in [6, 6.07) is 4.54. The van der Waals surface area contributed by atoms with E-state index in [0.717, 1.165) is 12.0 Å². The molecule has 2 bridgehead atoms. The van der Waals surface area contributed by atoms with Gasteiger partial charge in [0.2, 0.25) is 11.8 Å². The van der Waals surface area contributed by atoms with Gasteiger partial charge in [0.05, 0.1) is 23.1 Å². The van der Waals surface area contributed by atoms with Crippen molar-refractivity contribution in [2.24, 2.45) is 23.7 Å². The van der Waals surface area contributed by atoms with E-state index < -0.39 is 5.97 Å². The van der Waals surface area contributed by atoms with Gasteiger partial charge in [-0.2, -0.15) is 0 Å². The Morgan fingerprint density at radius 2 is 1.73 bits per heavy atom. The maximum atomic E-state index is 12.7. The fourth-order valence-electron chi connectivity index (χ4n) is 4.12. The van der Waals surface area contributed by atoms with Gasteiger partial charge in [0, 0.05) is 0 Å². The van der Waals surface area contributed by atoms with E-state index in [9.17, 15) is 14.4 Å². The number of fused-ring (bicyclic) bond motifs is 5. The van der Waals surface area contributed by atoms with Crippen molar-refractivity contribution in [2.45, 2.75) is 13.3 Å². The summed E-state index contributed by atoms with van der Waals surface area (Å²) in [4.78, 5) is 37.9. The van der Waals surface area contributed by atoms with Crippen molar-refractivity contribution in [1.29, 1.82) is 0 Å². The van der Waals surface area contributed by atoms with Crippen molar-refractivity contribution in [1.82, 2.24) is 0 Å². The molecule has 1 aliphatic heterocycles. The van der Waals surface area contributed by atoms with Gasteiger partial charge >= 0.3 is 5.97 Å². The minimum Gasteiger partial charge on any atom is -0.478 e. The first kappa shape index (κ1) is 13.2. The number of benzene rings is 1. The van der Waals surface area contributed by atoms with Crippen LogP contribution in [0.25, 0.3) is 0 Å². The summed E-state index contributed by atoms with van der Waals surface area (Å²) in [5.74, 6) is -1.66. The van der Waals surface area contributed by atoms with Crippen LogP contribution >= 0.6 is 0 Å². The standard InChI is InChI=1S/C17H15NO4/c1-8-2-3-11(17(21)22)7-12(8)18-15(19)13-9-4-5-10(6-9)14(13)16(18)20/h2-5,7,9-10,13-14H,6H2,1H3,(H,21,22).